The summed E-state index contributed by atoms with van der Waals surface area (Å²) < 4.78 is 27.7. The molecule has 0 saturated carbocycles. The van der Waals surface area contributed by atoms with Crippen molar-refractivity contribution in [1.82, 2.24) is 0 Å². The van der Waals surface area contributed by atoms with E-state index >= 15 is 0 Å². The maximum atomic E-state index is 13.3. The van der Waals surface area contributed by atoms with Crippen molar-refractivity contribution in [3.05, 3.63) is 89.4 Å². The van der Waals surface area contributed by atoms with Gasteiger partial charge in [0.05, 0.1) is 10.6 Å². The Morgan fingerprint density at radius 2 is 1.54 bits per heavy atom. The Bertz CT molecular complexity index is 1070. The SMILES string of the molecule is Cc1ccccc1N(CC(=O)Nc1ccccc1)S(=O)(=O)c1ccc(Cl)cc1. The Balaban J connectivity index is 1.97. The van der Waals surface area contributed by atoms with E-state index in [1.54, 1.807) is 49.4 Å². The number of aryl methyl sites for hydroxylation is 1. The Morgan fingerprint density at radius 3 is 2.18 bits per heavy atom. The summed E-state index contributed by atoms with van der Waals surface area (Å²) in [6.45, 7) is 1.44. The first-order valence-corrected chi connectivity index (χ1v) is 10.4. The third kappa shape index (κ3) is 4.52. The predicted octanol–water partition coefficient (Wildman–Crippen LogP) is 4.48. The fourth-order valence-electron chi connectivity index (χ4n) is 2.73. The van der Waals surface area contributed by atoms with Gasteiger partial charge in [0.25, 0.3) is 10.0 Å². The van der Waals surface area contributed by atoms with E-state index in [0.717, 1.165) is 9.87 Å². The summed E-state index contributed by atoms with van der Waals surface area (Å²) in [4.78, 5) is 12.7. The lowest BCUT2D eigenvalue weighted by Gasteiger charge is -2.25. The summed E-state index contributed by atoms with van der Waals surface area (Å²) in [7, 11) is -3.97. The number of hydrogen-bond donors (Lipinski definition) is 1. The molecule has 0 radical (unpaired) electrons. The van der Waals surface area contributed by atoms with Crippen molar-refractivity contribution in [2.24, 2.45) is 0 Å². The lowest BCUT2D eigenvalue weighted by atomic mass is 10.2. The van der Waals surface area contributed by atoms with Gasteiger partial charge >= 0.3 is 0 Å². The first-order chi connectivity index (χ1) is 13.4. The van der Waals surface area contributed by atoms with Gasteiger partial charge in [-0.25, -0.2) is 8.42 Å². The molecule has 0 saturated heterocycles. The van der Waals surface area contributed by atoms with Gasteiger partial charge in [-0.15, -0.1) is 0 Å². The van der Waals surface area contributed by atoms with E-state index in [9.17, 15) is 13.2 Å². The molecule has 3 rings (SSSR count). The molecule has 144 valence electrons. The summed E-state index contributed by atoms with van der Waals surface area (Å²) in [6, 6.07) is 21.8. The summed E-state index contributed by atoms with van der Waals surface area (Å²) in [5.41, 5.74) is 1.79. The second kappa shape index (κ2) is 8.46. The van der Waals surface area contributed by atoms with Gasteiger partial charge in [-0.2, -0.15) is 0 Å². The number of amides is 1. The molecule has 0 atom stereocenters. The maximum Gasteiger partial charge on any atom is 0.264 e. The summed E-state index contributed by atoms with van der Waals surface area (Å²) in [5.74, 6) is -0.438. The van der Waals surface area contributed by atoms with E-state index in [2.05, 4.69) is 5.32 Å². The molecule has 0 heterocycles. The summed E-state index contributed by atoms with van der Waals surface area (Å²) >= 11 is 5.89. The van der Waals surface area contributed by atoms with E-state index < -0.39 is 15.9 Å². The van der Waals surface area contributed by atoms with Crippen LogP contribution in [0.25, 0.3) is 0 Å². The van der Waals surface area contributed by atoms with Crippen LogP contribution in [-0.2, 0) is 14.8 Å². The number of nitrogens with one attached hydrogen (secondary N) is 1. The molecule has 1 N–H and O–H groups in total. The van der Waals surface area contributed by atoms with Gasteiger partial charge in [0.15, 0.2) is 0 Å². The third-order valence-corrected chi connectivity index (χ3v) is 6.16. The van der Waals surface area contributed by atoms with Crippen LogP contribution in [0.4, 0.5) is 11.4 Å². The van der Waals surface area contributed by atoms with Crippen LogP contribution in [-0.4, -0.2) is 20.9 Å². The molecular weight excluding hydrogens is 396 g/mol. The molecule has 3 aromatic rings. The van der Waals surface area contributed by atoms with E-state index in [1.165, 1.54) is 24.3 Å². The molecule has 0 aliphatic carbocycles. The van der Waals surface area contributed by atoms with Crippen molar-refractivity contribution in [3.63, 3.8) is 0 Å². The maximum absolute atomic E-state index is 13.3. The van der Waals surface area contributed by atoms with Gasteiger partial charge in [-0.05, 0) is 55.0 Å². The van der Waals surface area contributed by atoms with Gasteiger partial charge in [0, 0.05) is 10.7 Å². The molecule has 0 spiro atoms. The highest BCUT2D eigenvalue weighted by atomic mass is 35.5. The minimum absolute atomic E-state index is 0.0627. The quantitative estimate of drug-likeness (QED) is 0.646. The van der Waals surface area contributed by atoms with Crippen molar-refractivity contribution >= 4 is 38.9 Å². The summed E-state index contributed by atoms with van der Waals surface area (Å²) in [5, 5.41) is 3.16. The zero-order chi connectivity index (χ0) is 20.1. The van der Waals surface area contributed by atoms with Crippen molar-refractivity contribution in [2.45, 2.75) is 11.8 Å². The van der Waals surface area contributed by atoms with E-state index in [4.69, 9.17) is 11.6 Å². The number of halogens is 1. The predicted molar refractivity (Wildman–Crippen MR) is 112 cm³/mol. The molecule has 5 nitrogen and oxygen atoms in total. The van der Waals surface area contributed by atoms with Gasteiger partial charge < -0.3 is 5.32 Å². The summed E-state index contributed by atoms with van der Waals surface area (Å²) in [6.07, 6.45) is 0. The number of rotatable bonds is 6. The Hall–Kier alpha value is -2.83. The molecule has 0 unspecified atom stereocenters. The second-order valence-electron chi connectivity index (χ2n) is 6.17. The van der Waals surface area contributed by atoms with Gasteiger partial charge in [0.2, 0.25) is 5.91 Å². The number of para-hydroxylation sites is 2. The van der Waals surface area contributed by atoms with Crippen molar-refractivity contribution < 1.29 is 13.2 Å². The number of carbonyl (C=O) groups excluding carboxylic acids is 1. The minimum atomic E-state index is -3.97. The van der Waals surface area contributed by atoms with E-state index in [1.807, 2.05) is 12.1 Å². The molecule has 0 bridgehead atoms. The first-order valence-electron chi connectivity index (χ1n) is 8.57. The number of benzene rings is 3. The highest BCUT2D eigenvalue weighted by Gasteiger charge is 2.28. The molecular formula is C21H19ClN2O3S. The highest BCUT2D eigenvalue weighted by molar-refractivity contribution is 7.92. The molecule has 0 aromatic heterocycles. The fraction of sp³-hybridized carbons (Fsp3) is 0.0952. The number of sulfonamides is 1. The zero-order valence-electron chi connectivity index (χ0n) is 15.2. The molecule has 0 fully saturated rings. The van der Waals surface area contributed by atoms with E-state index in [-0.39, 0.29) is 11.4 Å². The Labute approximate surface area is 169 Å². The Kier molecular flexibility index (Phi) is 6.02. The van der Waals surface area contributed by atoms with Crippen LogP contribution in [0, 0.1) is 6.92 Å². The van der Waals surface area contributed by atoms with Gasteiger partial charge in [0.1, 0.15) is 6.54 Å². The van der Waals surface area contributed by atoms with Gasteiger partial charge in [-0.1, -0.05) is 48.0 Å². The van der Waals surface area contributed by atoms with Crippen LogP contribution in [0.2, 0.25) is 5.02 Å². The molecule has 7 heteroatoms. The third-order valence-electron chi connectivity index (χ3n) is 4.13. The van der Waals surface area contributed by atoms with Crippen LogP contribution < -0.4 is 9.62 Å². The van der Waals surface area contributed by atoms with Crippen LogP contribution in [0.15, 0.2) is 83.8 Å². The van der Waals surface area contributed by atoms with Gasteiger partial charge in [-0.3, -0.25) is 9.10 Å². The van der Waals surface area contributed by atoms with Crippen LogP contribution in [0.3, 0.4) is 0 Å². The lowest BCUT2D eigenvalue weighted by molar-refractivity contribution is -0.114. The zero-order valence-corrected chi connectivity index (χ0v) is 16.7. The van der Waals surface area contributed by atoms with Crippen LogP contribution >= 0.6 is 11.6 Å². The van der Waals surface area contributed by atoms with Crippen molar-refractivity contribution in [3.8, 4) is 0 Å². The van der Waals surface area contributed by atoms with Crippen LogP contribution in [0.5, 0.6) is 0 Å². The fourth-order valence-corrected chi connectivity index (χ4v) is 4.34. The number of anilines is 2. The molecule has 0 aliphatic heterocycles. The standard InChI is InChI=1S/C21H19ClN2O3S/c1-16-7-5-6-10-20(16)24(15-21(25)23-18-8-3-2-4-9-18)28(26,27)19-13-11-17(22)12-14-19/h2-14H,15H2,1H3,(H,23,25). The average molecular weight is 415 g/mol. The second-order valence-corrected chi connectivity index (χ2v) is 8.47. The average Bonchev–Trinajstić information content (AvgIpc) is 2.68. The minimum Gasteiger partial charge on any atom is -0.325 e. The number of carbonyl (C=O) groups is 1. The number of nitrogens with zero attached hydrogens (tertiary/aromatic N) is 1. The highest BCUT2D eigenvalue weighted by Crippen LogP contribution is 2.27. The van der Waals surface area contributed by atoms with Crippen LogP contribution in [0.1, 0.15) is 5.56 Å². The molecule has 3 aromatic carbocycles. The molecule has 1 amide bonds. The van der Waals surface area contributed by atoms with Crippen molar-refractivity contribution in [1.29, 1.82) is 0 Å². The number of hydrogen-bond acceptors (Lipinski definition) is 3. The normalized spacial score (nSPS) is 11.1. The monoisotopic (exact) mass is 414 g/mol. The smallest absolute Gasteiger partial charge is 0.264 e. The first kappa shape index (κ1) is 19.9. The topological polar surface area (TPSA) is 66.5 Å². The lowest BCUT2D eigenvalue weighted by Crippen LogP contribution is -2.38. The molecule has 0 aliphatic rings. The van der Waals surface area contributed by atoms with E-state index in [0.29, 0.717) is 16.4 Å². The Morgan fingerprint density at radius 1 is 0.929 bits per heavy atom. The molecule has 28 heavy (non-hydrogen) atoms. The largest absolute Gasteiger partial charge is 0.325 e. The van der Waals surface area contributed by atoms with Crippen molar-refractivity contribution in [2.75, 3.05) is 16.2 Å².